The van der Waals surface area contributed by atoms with E-state index in [2.05, 4.69) is 20.6 Å². The molecule has 0 aliphatic carbocycles. The number of aromatic nitrogens is 4. The van der Waals surface area contributed by atoms with Crippen LogP contribution < -0.4 is 22.0 Å². The van der Waals surface area contributed by atoms with Gasteiger partial charge in [0.15, 0.2) is 0 Å². The van der Waals surface area contributed by atoms with E-state index >= 15 is 0 Å². The first-order valence-corrected chi connectivity index (χ1v) is 15.3. The van der Waals surface area contributed by atoms with Gasteiger partial charge in [0.25, 0.3) is 0 Å². The van der Waals surface area contributed by atoms with E-state index in [4.69, 9.17) is 18.9 Å². The molecule has 2 fully saturated rings. The zero-order valence-electron chi connectivity index (χ0n) is 23.3. The fourth-order valence-electron chi connectivity index (χ4n) is 3.96. The van der Waals surface area contributed by atoms with Gasteiger partial charge in [-0.3, -0.25) is 28.3 Å². The third-order valence-corrected chi connectivity index (χ3v) is 8.07. The van der Waals surface area contributed by atoms with Crippen LogP contribution in [0.15, 0.2) is 34.1 Å². The van der Waals surface area contributed by atoms with Gasteiger partial charge in [-0.2, -0.15) is 9.97 Å². The molecule has 0 saturated carbocycles. The molecule has 0 aromatic carbocycles. The quantitative estimate of drug-likeness (QED) is 0.310. The fraction of sp³-hybridized carbons (Fsp3) is 0.520. The highest BCUT2D eigenvalue weighted by molar-refractivity contribution is 8.00. The smallest absolute Gasteiger partial charge is 0.351 e. The number of amides is 2. The SMILES string of the molecule is CC(=O)Nc1ccn([C@@H]2CS[C@H](COC(=O)CCCC(=O)OC[C@@H]3O[C@H](n4ccc(NC(C)=O)nc4=O)CS3)O2)c(=O)n1. The van der Waals surface area contributed by atoms with Crippen molar-refractivity contribution in [2.24, 2.45) is 0 Å². The highest BCUT2D eigenvalue weighted by atomic mass is 32.2. The number of thioether (sulfide) groups is 2. The van der Waals surface area contributed by atoms with E-state index in [0.29, 0.717) is 11.5 Å². The molecule has 4 atom stereocenters. The van der Waals surface area contributed by atoms with Gasteiger partial charge in [0, 0.05) is 50.6 Å². The molecular formula is C25H30N6O10S2. The average molecular weight is 639 g/mol. The number of hydrogen-bond donors (Lipinski definition) is 2. The second-order valence-electron chi connectivity index (χ2n) is 9.29. The molecule has 2 amide bonds. The van der Waals surface area contributed by atoms with Crippen LogP contribution in [-0.2, 0) is 38.1 Å². The van der Waals surface area contributed by atoms with Crippen LogP contribution in [0.5, 0.6) is 0 Å². The maximum absolute atomic E-state index is 12.3. The number of rotatable bonds is 12. The Morgan fingerprint density at radius 3 is 1.60 bits per heavy atom. The van der Waals surface area contributed by atoms with Gasteiger partial charge in [-0.15, -0.1) is 23.5 Å². The topological polar surface area (TPSA) is 199 Å². The summed E-state index contributed by atoms with van der Waals surface area (Å²) in [4.78, 5) is 78.6. The molecule has 2 aliphatic rings. The number of nitrogens with one attached hydrogen (secondary N) is 2. The predicted molar refractivity (Wildman–Crippen MR) is 154 cm³/mol. The van der Waals surface area contributed by atoms with Crippen LogP contribution in [0.2, 0.25) is 0 Å². The molecule has 0 unspecified atom stereocenters. The molecule has 18 heteroatoms. The molecule has 232 valence electrons. The van der Waals surface area contributed by atoms with Gasteiger partial charge in [0.2, 0.25) is 11.8 Å². The van der Waals surface area contributed by atoms with Gasteiger partial charge in [0.05, 0.1) is 0 Å². The van der Waals surface area contributed by atoms with Crippen molar-refractivity contribution in [3.8, 4) is 0 Å². The van der Waals surface area contributed by atoms with Crippen LogP contribution in [-0.4, -0.2) is 78.4 Å². The van der Waals surface area contributed by atoms with Crippen molar-refractivity contribution < 1.29 is 38.1 Å². The lowest BCUT2D eigenvalue weighted by Gasteiger charge is -2.15. The van der Waals surface area contributed by atoms with Crippen LogP contribution >= 0.6 is 23.5 Å². The summed E-state index contributed by atoms with van der Waals surface area (Å²) in [6, 6.07) is 2.98. The summed E-state index contributed by atoms with van der Waals surface area (Å²) in [6.45, 7) is 2.57. The lowest BCUT2D eigenvalue weighted by molar-refractivity contribution is -0.149. The highest BCUT2D eigenvalue weighted by Gasteiger charge is 2.30. The lowest BCUT2D eigenvalue weighted by Crippen LogP contribution is -2.29. The third kappa shape index (κ3) is 9.63. The maximum Gasteiger partial charge on any atom is 0.351 e. The monoisotopic (exact) mass is 638 g/mol. The van der Waals surface area contributed by atoms with Crippen molar-refractivity contribution in [2.75, 3.05) is 35.4 Å². The van der Waals surface area contributed by atoms with Crippen molar-refractivity contribution in [1.29, 1.82) is 0 Å². The zero-order chi connectivity index (χ0) is 30.9. The Kier molecular flexibility index (Phi) is 11.3. The number of hydrogen-bond acceptors (Lipinski definition) is 14. The molecule has 16 nitrogen and oxygen atoms in total. The molecule has 0 bridgehead atoms. The second-order valence-corrected chi connectivity index (χ2v) is 11.7. The lowest BCUT2D eigenvalue weighted by atomic mass is 10.2. The average Bonchev–Trinajstić information content (AvgIpc) is 3.60. The maximum atomic E-state index is 12.3. The Balaban J connectivity index is 1.09. The van der Waals surface area contributed by atoms with Crippen molar-refractivity contribution in [3.63, 3.8) is 0 Å². The van der Waals surface area contributed by atoms with Crippen molar-refractivity contribution in [1.82, 2.24) is 19.1 Å². The number of carbonyl (C=O) groups is 4. The number of carbonyl (C=O) groups excluding carboxylic acids is 4. The molecule has 2 aliphatic heterocycles. The Morgan fingerprint density at radius 1 is 0.814 bits per heavy atom. The number of nitrogens with zero attached hydrogens (tertiary/aromatic N) is 4. The molecule has 0 radical (unpaired) electrons. The summed E-state index contributed by atoms with van der Waals surface area (Å²) in [7, 11) is 0. The third-order valence-electron chi connectivity index (χ3n) is 5.88. The Labute approximate surface area is 253 Å². The number of ether oxygens (including phenoxy) is 4. The van der Waals surface area contributed by atoms with E-state index in [9.17, 15) is 28.8 Å². The van der Waals surface area contributed by atoms with Crippen LogP contribution in [0.4, 0.5) is 11.6 Å². The van der Waals surface area contributed by atoms with Crippen LogP contribution in [0.25, 0.3) is 0 Å². The van der Waals surface area contributed by atoms with Gasteiger partial charge < -0.3 is 29.6 Å². The zero-order valence-corrected chi connectivity index (χ0v) is 24.9. The molecule has 0 spiro atoms. The van der Waals surface area contributed by atoms with Crippen molar-refractivity contribution in [2.45, 2.75) is 56.4 Å². The Morgan fingerprint density at radius 2 is 1.23 bits per heavy atom. The molecule has 4 heterocycles. The first-order valence-electron chi connectivity index (χ1n) is 13.2. The summed E-state index contributed by atoms with van der Waals surface area (Å²) in [5.74, 6) is -0.509. The van der Waals surface area contributed by atoms with Gasteiger partial charge in [-0.05, 0) is 18.6 Å². The molecule has 2 aromatic heterocycles. The minimum absolute atomic E-state index is 0.00501. The van der Waals surface area contributed by atoms with Crippen molar-refractivity contribution in [3.05, 3.63) is 45.5 Å². The Hall–Kier alpha value is -3.74. The second kappa shape index (κ2) is 15.1. The normalized spacial score (nSPS) is 21.3. The Bertz CT molecular complexity index is 1360. The summed E-state index contributed by atoms with van der Waals surface area (Å²) in [5, 5.41) is 4.88. The minimum atomic E-state index is -0.597. The van der Waals surface area contributed by atoms with Crippen LogP contribution in [0, 0.1) is 0 Å². The molecular weight excluding hydrogens is 608 g/mol. The predicted octanol–water partition coefficient (Wildman–Crippen LogP) is 0.850. The van der Waals surface area contributed by atoms with Gasteiger partial charge in [-0.25, -0.2) is 9.59 Å². The van der Waals surface area contributed by atoms with E-state index < -0.39 is 46.6 Å². The summed E-state index contributed by atoms with van der Waals surface area (Å²) >= 11 is 2.76. The molecule has 4 rings (SSSR count). The molecule has 43 heavy (non-hydrogen) atoms. The standard InChI is InChI=1S/C25H30N6O10S2/c1-14(32)26-16-6-8-30(24(36)28-16)18-12-42-22(40-18)10-38-20(34)4-3-5-21(35)39-11-23-41-19(13-43-23)31-9-7-17(27-15(2)33)29-25(31)37/h6-9,18-19,22-23H,3-5,10-13H2,1-2H3,(H,26,28,32,36)(H,27,29,33,37)/t18-,19-,22+,23+/m0/s1. The molecule has 2 saturated heterocycles. The number of anilines is 2. The van der Waals surface area contributed by atoms with Crippen molar-refractivity contribution >= 4 is 58.9 Å². The van der Waals surface area contributed by atoms with E-state index in [1.54, 1.807) is 0 Å². The fourth-order valence-corrected chi connectivity index (χ4v) is 5.94. The summed E-state index contributed by atoms with van der Waals surface area (Å²) in [6.07, 6.45) is 1.99. The minimum Gasteiger partial charge on any atom is -0.462 e. The number of esters is 2. The molecule has 2 aromatic rings. The van der Waals surface area contributed by atoms with Gasteiger partial charge >= 0.3 is 23.3 Å². The van der Waals surface area contributed by atoms with E-state index in [1.165, 1.54) is 71.0 Å². The van der Waals surface area contributed by atoms with Gasteiger partial charge in [-0.1, -0.05) is 0 Å². The van der Waals surface area contributed by atoms with E-state index in [0.717, 1.165) is 0 Å². The van der Waals surface area contributed by atoms with Crippen LogP contribution in [0.3, 0.4) is 0 Å². The highest BCUT2D eigenvalue weighted by Crippen LogP contribution is 2.32. The van der Waals surface area contributed by atoms with E-state index in [1.807, 2.05) is 0 Å². The first-order chi connectivity index (χ1) is 20.6. The van der Waals surface area contributed by atoms with Gasteiger partial charge in [0.1, 0.15) is 48.2 Å². The summed E-state index contributed by atoms with van der Waals surface area (Å²) in [5.41, 5.74) is -2.12. The largest absolute Gasteiger partial charge is 0.462 e. The van der Waals surface area contributed by atoms with E-state index in [-0.39, 0.29) is 55.9 Å². The van der Waals surface area contributed by atoms with Crippen LogP contribution in [0.1, 0.15) is 45.6 Å². The summed E-state index contributed by atoms with van der Waals surface area (Å²) < 4.78 is 24.7. The molecule has 2 N–H and O–H groups in total. The first kappa shape index (κ1) is 32.2.